The number of benzene rings is 1. The van der Waals surface area contributed by atoms with E-state index in [-0.39, 0.29) is 4.21 Å². The van der Waals surface area contributed by atoms with Gasteiger partial charge in [-0.15, -0.1) is 11.3 Å². The summed E-state index contributed by atoms with van der Waals surface area (Å²) in [5, 5.41) is 5.99. The van der Waals surface area contributed by atoms with Crippen molar-refractivity contribution in [1.29, 1.82) is 0 Å². The highest BCUT2D eigenvalue weighted by Crippen LogP contribution is 2.30. The molecule has 0 bridgehead atoms. The van der Waals surface area contributed by atoms with Crippen molar-refractivity contribution in [3.05, 3.63) is 24.3 Å². The monoisotopic (exact) mass is 256 g/mol. The Kier molecular flexibility index (Phi) is 2.65. The van der Waals surface area contributed by atoms with E-state index in [0.29, 0.717) is 0 Å². The molecule has 86 valence electrons. The van der Waals surface area contributed by atoms with Gasteiger partial charge in [-0.2, -0.15) is 0 Å². The highest BCUT2D eigenvalue weighted by atomic mass is 32.2. The maximum atomic E-state index is 11.2. The van der Waals surface area contributed by atoms with Crippen LogP contribution in [-0.2, 0) is 10.0 Å². The molecule has 0 atom stereocenters. The molecule has 0 aliphatic carbocycles. The Morgan fingerprint density at radius 3 is 2.50 bits per heavy atom. The maximum Gasteiger partial charge on any atom is 0.247 e. The van der Waals surface area contributed by atoms with E-state index in [2.05, 4.69) is 0 Å². The van der Waals surface area contributed by atoms with Crippen molar-refractivity contribution in [2.75, 3.05) is 19.0 Å². The number of sulfonamides is 1. The first-order valence-corrected chi connectivity index (χ1v) is 6.98. The number of thiophene rings is 1. The lowest BCUT2D eigenvalue weighted by Crippen LogP contribution is -2.09. The van der Waals surface area contributed by atoms with Gasteiger partial charge in [0.2, 0.25) is 10.0 Å². The third kappa shape index (κ3) is 2.04. The lowest BCUT2D eigenvalue weighted by atomic mass is 10.2. The summed E-state index contributed by atoms with van der Waals surface area (Å²) in [5.74, 6) is 0. The van der Waals surface area contributed by atoms with Crippen LogP contribution < -0.4 is 10.0 Å². The topological polar surface area (TPSA) is 63.4 Å². The number of hydrogen-bond acceptors (Lipinski definition) is 4. The standard InChI is InChI=1S/C10H12N2O2S2/c1-12(2)8-3-4-9-7(5-8)6-10(15-9)16(11,13)14/h3-6H,1-2H3,(H2,11,13,14). The minimum absolute atomic E-state index is 0.207. The smallest absolute Gasteiger partial charge is 0.247 e. The fourth-order valence-electron chi connectivity index (χ4n) is 1.42. The molecule has 0 amide bonds. The van der Waals surface area contributed by atoms with Crippen molar-refractivity contribution in [3.63, 3.8) is 0 Å². The zero-order chi connectivity index (χ0) is 11.9. The Balaban J connectivity index is 2.63. The molecule has 2 N–H and O–H groups in total. The quantitative estimate of drug-likeness (QED) is 0.888. The van der Waals surface area contributed by atoms with Crippen LogP contribution >= 0.6 is 11.3 Å². The summed E-state index contributed by atoms with van der Waals surface area (Å²) in [6, 6.07) is 7.42. The van der Waals surface area contributed by atoms with Gasteiger partial charge in [-0.3, -0.25) is 0 Å². The van der Waals surface area contributed by atoms with Crippen molar-refractivity contribution >= 4 is 37.1 Å². The Bertz CT molecular complexity index is 629. The van der Waals surface area contributed by atoms with E-state index < -0.39 is 10.0 Å². The number of fused-ring (bicyclic) bond motifs is 1. The fourth-order valence-corrected chi connectivity index (χ4v) is 3.22. The zero-order valence-electron chi connectivity index (χ0n) is 8.97. The van der Waals surface area contributed by atoms with Gasteiger partial charge < -0.3 is 4.90 Å². The summed E-state index contributed by atoms with van der Waals surface area (Å²) in [4.78, 5) is 1.97. The van der Waals surface area contributed by atoms with Gasteiger partial charge in [0.15, 0.2) is 0 Å². The molecule has 6 heteroatoms. The minimum atomic E-state index is -3.59. The van der Waals surface area contributed by atoms with Crippen molar-refractivity contribution in [2.45, 2.75) is 4.21 Å². The number of nitrogens with two attached hydrogens (primary N) is 1. The molecule has 0 saturated carbocycles. The van der Waals surface area contributed by atoms with E-state index in [1.807, 2.05) is 37.2 Å². The molecular weight excluding hydrogens is 244 g/mol. The SMILES string of the molecule is CN(C)c1ccc2sc(S(N)(=O)=O)cc2c1. The summed E-state index contributed by atoms with van der Waals surface area (Å²) < 4.78 is 23.5. The molecule has 2 aromatic rings. The van der Waals surface area contributed by atoms with Gasteiger partial charge in [0.05, 0.1) is 0 Å². The van der Waals surface area contributed by atoms with Gasteiger partial charge in [-0.25, -0.2) is 13.6 Å². The highest BCUT2D eigenvalue weighted by molar-refractivity contribution is 7.91. The Morgan fingerprint density at radius 2 is 1.94 bits per heavy atom. The highest BCUT2D eigenvalue weighted by Gasteiger charge is 2.12. The van der Waals surface area contributed by atoms with Crippen molar-refractivity contribution in [2.24, 2.45) is 5.14 Å². The molecular formula is C10H12N2O2S2. The van der Waals surface area contributed by atoms with E-state index in [0.717, 1.165) is 15.8 Å². The lowest BCUT2D eigenvalue weighted by Gasteiger charge is -2.11. The van der Waals surface area contributed by atoms with Crippen LogP contribution in [0.1, 0.15) is 0 Å². The molecule has 1 heterocycles. The van der Waals surface area contributed by atoms with E-state index >= 15 is 0 Å². The normalized spacial score (nSPS) is 11.9. The van der Waals surface area contributed by atoms with E-state index in [9.17, 15) is 8.42 Å². The first kappa shape index (κ1) is 11.4. The molecule has 0 unspecified atom stereocenters. The third-order valence-corrected chi connectivity index (χ3v) is 4.81. The average Bonchev–Trinajstić information content (AvgIpc) is 2.58. The molecule has 0 spiro atoms. The first-order valence-electron chi connectivity index (χ1n) is 4.61. The van der Waals surface area contributed by atoms with Crippen LogP contribution in [-0.4, -0.2) is 22.5 Å². The van der Waals surface area contributed by atoms with E-state index in [1.165, 1.54) is 11.3 Å². The molecule has 0 aliphatic heterocycles. The van der Waals surface area contributed by atoms with Gasteiger partial charge in [0.25, 0.3) is 0 Å². The second-order valence-electron chi connectivity index (χ2n) is 3.73. The van der Waals surface area contributed by atoms with Gasteiger partial charge in [0.1, 0.15) is 4.21 Å². The van der Waals surface area contributed by atoms with Crippen LogP contribution in [0.4, 0.5) is 5.69 Å². The van der Waals surface area contributed by atoms with Crippen LogP contribution in [0.2, 0.25) is 0 Å². The average molecular weight is 256 g/mol. The third-order valence-electron chi connectivity index (χ3n) is 2.27. The maximum absolute atomic E-state index is 11.2. The van der Waals surface area contributed by atoms with Gasteiger partial charge in [-0.05, 0) is 29.7 Å². The van der Waals surface area contributed by atoms with Gasteiger partial charge in [0, 0.05) is 24.5 Å². The van der Waals surface area contributed by atoms with Crippen LogP contribution in [0.3, 0.4) is 0 Å². The van der Waals surface area contributed by atoms with Gasteiger partial charge in [-0.1, -0.05) is 0 Å². The van der Waals surface area contributed by atoms with Crippen molar-refractivity contribution in [3.8, 4) is 0 Å². The molecule has 4 nitrogen and oxygen atoms in total. The number of nitrogens with zero attached hydrogens (tertiary/aromatic N) is 1. The second-order valence-corrected chi connectivity index (χ2v) is 6.60. The van der Waals surface area contributed by atoms with Crippen LogP contribution in [0.5, 0.6) is 0 Å². The second kappa shape index (κ2) is 3.73. The Hall–Kier alpha value is -1.11. The van der Waals surface area contributed by atoms with Crippen LogP contribution in [0, 0.1) is 0 Å². The molecule has 0 aliphatic rings. The number of rotatable bonds is 2. The predicted octanol–water partition coefficient (Wildman–Crippen LogP) is 1.61. The van der Waals surface area contributed by atoms with E-state index in [1.54, 1.807) is 6.07 Å². The summed E-state index contributed by atoms with van der Waals surface area (Å²) in [6.45, 7) is 0. The number of hydrogen-bond donors (Lipinski definition) is 1. The Labute approximate surface area is 98.3 Å². The summed E-state index contributed by atoms with van der Waals surface area (Å²) in [5.41, 5.74) is 1.03. The summed E-state index contributed by atoms with van der Waals surface area (Å²) >= 11 is 1.19. The van der Waals surface area contributed by atoms with Gasteiger partial charge >= 0.3 is 0 Å². The van der Waals surface area contributed by atoms with Crippen LogP contribution in [0.25, 0.3) is 10.1 Å². The van der Waals surface area contributed by atoms with Crippen molar-refractivity contribution < 1.29 is 8.42 Å². The van der Waals surface area contributed by atoms with E-state index in [4.69, 9.17) is 5.14 Å². The predicted molar refractivity (Wildman–Crippen MR) is 67.5 cm³/mol. The Morgan fingerprint density at radius 1 is 1.25 bits per heavy atom. The zero-order valence-corrected chi connectivity index (χ0v) is 10.6. The lowest BCUT2D eigenvalue weighted by molar-refractivity contribution is 0.600. The first-order chi connectivity index (χ1) is 7.38. The largest absolute Gasteiger partial charge is 0.378 e. The fraction of sp³-hybridized carbons (Fsp3) is 0.200. The molecule has 1 aromatic carbocycles. The molecule has 0 saturated heterocycles. The molecule has 16 heavy (non-hydrogen) atoms. The number of anilines is 1. The summed E-state index contributed by atoms with van der Waals surface area (Å²) in [6.07, 6.45) is 0. The van der Waals surface area contributed by atoms with Crippen molar-refractivity contribution in [1.82, 2.24) is 0 Å². The minimum Gasteiger partial charge on any atom is -0.378 e. The summed E-state index contributed by atoms with van der Waals surface area (Å²) in [7, 11) is 0.284. The molecule has 0 fully saturated rings. The molecule has 2 rings (SSSR count). The number of primary sulfonamides is 1. The van der Waals surface area contributed by atoms with Crippen LogP contribution in [0.15, 0.2) is 28.5 Å². The molecule has 0 radical (unpaired) electrons. The molecule has 1 aromatic heterocycles.